The lowest BCUT2D eigenvalue weighted by Crippen LogP contribution is -2.43. The number of ether oxygens (including phenoxy) is 2. The van der Waals surface area contributed by atoms with Crippen LogP contribution in [0.25, 0.3) is 10.2 Å². The summed E-state index contributed by atoms with van der Waals surface area (Å²) in [5.74, 6) is 0.766. The molecule has 1 saturated heterocycles. The predicted octanol–water partition coefficient (Wildman–Crippen LogP) is 5.07. The molecule has 7 heteroatoms. The molecule has 0 atom stereocenters. The van der Waals surface area contributed by atoms with Crippen LogP contribution in [0.3, 0.4) is 0 Å². The van der Waals surface area contributed by atoms with Crippen LogP contribution in [0.1, 0.15) is 41.3 Å². The smallest absolute Gasteiger partial charge is 0.260 e. The number of aryl methyl sites for hydroxylation is 2. The first-order chi connectivity index (χ1) is 16.0. The van der Waals surface area contributed by atoms with Crippen LogP contribution in [0.4, 0.5) is 5.13 Å². The number of thiazole rings is 1. The summed E-state index contributed by atoms with van der Waals surface area (Å²) in [7, 11) is 0. The van der Waals surface area contributed by atoms with E-state index in [-0.39, 0.29) is 5.91 Å². The van der Waals surface area contributed by atoms with Crippen molar-refractivity contribution in [3.8, 4) is 5.75 Å². The monoisotopic (exact) mass is 467 g/mol. The zero-order chi connectivity index (χ0) is 23.2. The molecule has 1 aromatic heterocycles. The van der Waals surface area contributed by atoms with Gasteiger partial charge in [0.25, 0.3) is 5.91 Å². The van der Waals surface area contributed by atoms with Crippen LogP contribution in [0.15, 0.2) is 36.4 Å². The number of nitrogens with zero attached hydrogens (tertiary/aromatic N) is 3. The highest BCUT2D eigenvalue weighted by molar-refractivity contribution is 7.22. The number of fused-ring (bicyclic) bond motifs is 1. The normalized spacial score (nSPS) is 14.5. The van der Waals surface area contributed by atoms with Crippen molar-refractivity contribution < 1.29 is 14.3 Å². The fourth-order valence-corrected chi connectivity index (χ4v) is 5.05. The van der Waals surface area contributed by atoms with Crippen molar-refractivity contribution in [2.75, 3.05) is 50.9 Å². The number of benzene rings is 2. The molecule has 1 amide bonds. The molecule has 0 spiro atoms. The summed E-state index contributed by atoms with van der Waals surface area (Å²) in [5, 5.41) is 0.750. The Morgan fingerprint density at radius 1 is 1.18 bits per heavy atom. The summed E-state index contributed by atoms with van der Waals surface area (Å²) >= 11 is 1.59. The fraction of sp³-hybridized carbons (Fsp3) is 0.462. The van der Waals surface area contributed by atoms with E-state index in [4.69, 9.17) is 14.5 Å². The number of aromatic nitrogens is 1. The van der Waals surface area contributed by atoms with E-state index < -0.39 is 0 Å². The summed E-state index contributed by atoms with van der Waals surface area (Å²) in [4.78, 5) is 22.7. The molecule has 1 fully saturated rings. The van der Waals surface area contributed by atoms with E-state index in [9.17, 15) is 4.79 Å². The zero-order valence-electron chi connectivity index (χ0n) is 19.8. The van der Waals surface area contributed by atoms with E-state index in [2.05, 4.69) is 37.8 Å². The van der Waals surface area contributed by atoms with Crippen LogP contribution in [-0.2, 0) is 4.74 Å². The Balaban J connectivity index is 1.58. The molecular formula is C26H33N3O3S. The van der Waals surface area contributed by atoms with Crippen LogP contribution in [0.5, 0.6) is 5.75 Å². The van der Waals surface area contributed by atoms with Crippen LogP contribution < -0.4 is 9.64 Å². The Labute approximate surface area is 200 Å². The quantitative estimate of drug-likeness (QED) is 0.411. The van der Waals surface area contributed by atoms with Gasteiger partial charge in [-0.05, 0) is 61.7 Å². The van der Waals surface area contributed by atoms with Gasteiger partial charge in [-0.3, -0.25) is 14.6 Å². The Morgan fingerprint density at radius 2 is 1.94 bits per heavy atom. The number of amides is 1. The van der Waals surface area contributed by atoms with E-state index in [1.807, 2.05) is 29.2 Å². The first-order valence-electron chi connectivity index (χ1n) is 11.8. The molecule has 2 aromatic carbocycles. The van der Waals surface area contributed by atoms with E-state index >= 15 is 0 Å². The lowest BCUT2D eigenvalue weighted by atomic mass is 10.1. The van der Waals surface area contributed by atoms with Gasteiger partial charge in [0.2, 0.25) is 0 Å². The molecule has 0 bridgehead atoms. The molecule has 0 aliphatic carbocycles. The van der Waals surface area contributed by atoms with Crippen LogP contribution in [0, 0.1) is 13.8 Å². The number of morpholine rings is 1. The van der Waals surface area contributed by atoms with Gasteiger partial charge in [0.05, 0.1) is 30.0 Å². The predicted molar refractivity (Wildman–Crippen MR) is 135 cm³/mol. The molecule has 0 radical (unpaired) electrons. The number of hydrogen-bond donors (Lipinski definition) is 0. The van der Waals surface area contributed by atoms with Gasteiger partial charge in [0, 0.05) is 31.7 Å². The summed E-state index contributed by atoms with van der Waals surface area (Å²) in [6.45, 7) is 11.7. The third-order valence-electron chi connectivity index (χ3n) is 5.90. The van der Waals surface area contributed by atoms with Gasteiger partial charge in [-0.1, -0.05) is 30.7 Å². The second-order valence-electron chi connectivity index (χ2n) is 8.56. The van der Waals surface area contributed by atoms with Crippen molar-refractivity contribution in [2.45, 2.75) is 33.6 Å². The van der Waals surface area contributed by atoms with Crippen LogP contribution in [0.2, 0.25) is 0 Å². The fourth-order valence-electron chi connectivity index (χ4n) is 4.01. The highest BCUT2D eigenvalue weighted by Crippen LogP contribution is 2.33. The Bertz CT molecular complexity index is 1070. The van der Waals surface area contributed by atoms with Crippen molar-refractivity contribution in [1.82, 2.24) is 9.88 Å². The SMILES string of the molecule is CCCCOc1ccc(C(=O)N(CCN2CCOCC2)c2nc3cc(C)cc(C)c3s2)cc1. The molecule has 2 heterocycles. The van der Waals surface area contributed by atoms with Gasteiger partial charge >= 0.3 is 0 Å². The van der Waals surface area contributed by atoms with Crippen molar-refractivity contribution in [3.05, 3.63) is 53.1 Å². The molecule has 6 nitrogen and oxygen atoms in total. The van der Waals surface area contributed by atoms with E-state index in [0.717, 1.165) is 66.8 Å². The Morgan fingerprint density at radius 3 is 2.67 bits per heavy atom. The van der Waals surface area contributed by atoms with E-state index in [1.54, 1.807) is 11.3 Å². The van der Waals surface area contributed by atoms with Crippen molar-refractivity contribution in [3.63, 3.8) is 0 Å². The number of hydrogen-bond acceptors (Lipinski definition) is 6. The average Bonchev–Trinajstić information content (AvgIpc) is 3.24. The molecule has 3 aromatic rings. The van der Waals surface area contributed by atoms with Gasteiger partial charge in [0.15, 0.2) is 5.13 Å². The maximum Gasteiger partial charge on any atom is 0.260 e. The third kappa shape index (κ3) is 5.91. The standard InChI is InChI=1S/C26H33N3O3S/c1-4-5-14-32-22-8-6-21(7-9-22)25(30)29(11-10-28-12-15-31-16-13-28)26-27-23-18-19(2)17-20(3)24(23)33-26/h6-9,17-18H,4-5,10-16H2,1-3H3. The van der Waals surface area contributed by atoms with Gasteiger partial charge in [-0.25, -0.2) is 4.98 Å². The summed E-state index contributed by atoms with van der Waals surface area (Å²) in [5.41, 5.74) is 3.98. The Hall–Kier alpha value is -2.48. The van der Waals surface area contributed by atoms with Crippen molar-refractivity contribution in [1.29, 1.82) is 0 Å². The first-order valence-corrected chi connectivity index (χ1v) is 12.6. The molecule has 4 rings (SSSR count). The number of anilines is 1. The molecule has 176 valence electrons. The topological polar surface area (TPSA) is 54.9 Å². The number of rotatable bonds is 9. The number of carbonyl (C=O) groups excluding carboxylic acids is 1. The minimum atomic E-state index is -0.0307. The average molecular weight is 468 g/mol. The van der Waals surface area contributed by atoms with Crippen molar-refractivity contribution in [2.24, 2.45) is 0 Å². The van der Waals surface area contributed by atoms with Gasteiger partial charge < -0.3 is 9.47 Å². The number of carbonyl (C=O) groups is 1. The summed E-state index contributed by atoms with van der Waals surface area (Å²) < 4.78 is 12.4. The van der Waals surface area contributed by atoms with Crippen molar-refractivity contribution >= 4 is 32.6 Å². The van der Waals surface area contributed by atoms with E-state index in [1.165, 1.54) is 11.1 Å². The Kier molecular flexibility index (Phi) is 7.96. The van der Waals surface area contributed by atoms with Crippen LogP contribution in [-0.4, -0.2) is 61.8 Å². The highest BCUT2D eigenvalue weighted by atomic mass is 32.1. The summed E-state index contributed by atoms with van der Waals surface area (Å²) in [6, 6.07) is 11.7. The molecular weight excluding hydrogens is 434 g/mol. The molecule has 1 aliphatic rings. The second kappa shape index (κ2) is 11.1. The van der Waals surface area contributed by atoms with Gasteiger partial charge in [0.1, 0.15) is 5.75 Å². The minimum absolute atomic E-state index is 0.0307. The van der Waals surface area contributed by atoms with Gasteiger partial charge in [-0.2, -0.15) is 0 Å². The summed E-state index contributed by atoms with van der Waals surface area (Å²) in [6.07, 6.45) is 2.11. The lowest BCUT2D eigenvalue weighted by molar-refractivity contribution is 0.0391. The zero-order valence-corrected chi connectivity index (χ0v) is 20.6. The van der Waals surface area contributed by atoms with Gasteiger partial charge in [-0.15, -0.1) is 0 Å². The molecule has 0 N–H and O–H groups in total. The highest BCUT2D eigenvalue weighted by Gasteiger charge is 2.23. The largest absolute Gasteiger partial charge is 0.494 e. The third-order valence-corrected chi connectivity index (χ3v) is 7.13. The lowest BCUT2D eigenvalue weighted by Gasteiger charge is -2.29. The maximum atomic E-state index is 13.6. The minimum Gasteiger partial charge on any atom is -0.494 e. The first kappa shape index (κ1) is 23.7. The number of unbranched alkanes of at least 4 members (excludes halogenated alkanes) is 1. The van der Waals surface area contributed by atoms with E-state index in [0.29, 0.717) is 18.7 Å². The molecule has 33 heavy (non-hydrogen) atoms. The molecule has 0 unspecified atom stereocenters. The van der Waals surface area contributed by atoms with Crippen LogP contribution >= 0.6 is 11.3 Å². The maximum absolute atomic E-state index is 13.6. The molecule has 0 saturated carbocycles. The molecule has 1 aliphatic heterocycles. The second-order valence-corrected chi connectivity index (χ2v) is 9.54.